The summed E-state index contributed by atoms with van der Waals surface area (Å²) in [6.07, 6.45) is 5.25. The van der Waals surface area contributed by atoms with Gasteiger partial charge in [-0.2, -0.15) is 0 Å². The molecule has 1 aromatic carbocycles. The number of hydrogen-bond donors (Lipinski definition) is 2. The van der Waals surface area contributed by atoms with Crippen LogP contribution in [0.2, 0.25) is 5.02 Å². The third-order valence-electron chi connectivity index (χ3n) is 6.94. The molecule has 2 heterocycles. The topological polar surface area (TPSA) is 70.7 Å². The van der Waals surface area contributed by atoms with Gasteiger partial charge in [0.15, 0.2) is 0 Å². The highest BCUT2D eigenvalue weighted by atomic mass is 35.5. The SMILES string of the molecule is O=C(CCl)NC1CC2(CCN(C(=O)C3(Nc4ccc(Cl)cc4)CCOCC3)CC2)C1. The predicted octanol–water partition coefficient (Wildman–Crippen LogP) is 3.43. The second-order valence-electron chi connectivity index (χ2n) is 8.92. The number of carbonyl (C=O) groups is 2. The number of anilines is 1. The first-order chi connectivity index (χ1) is 14.4. The Kier molecular flexibility index (Phi) is 6.47. The van der Waals surface area contributed by atoms with Gasteiger partial charge in [0.1, 0.15) is 11.4 Å². The fourth-order valence-electron chi connectivity index (χ4n) is 5.17. The molecule has 2 aliphatic heterocycles. The standard InChI is InChI=1S/C22H29Cl2N3O3/c23-15-19(28)25-18-13-21(14-18)5-9-27(10-6-21)20(29)22(7-11-30-12-8-22)26-17-3-1-16(24)2-4-17/h1-4,18,26H,5-15H2,(H,25,28). The number of benzene rings is 1. The number of amides is 2. The maximum Gasteiger partial charge on any atom is 0.248 e. The van der Waals surface area contributed by atoms with E-state index in [1.807, 2.05) is 29.2 Å². The summed E-state index contributed by atoms with van der Waals surface area (Å²) in [4.78, 5) is 27.1. The van der Waals surface area contributed by atoms with Crippen molar-refractivity contribution in [3.8, 4) is 0 Å². The van der Waals surface area contributed by atoms with Crippen molar-refractivity contribution in [1.29, 1.82) is 0 Å². The number of nitrogens with one attached hydrogen (secondary N) is 2. The van der Waals surface area contributed by atoms with Gasteiger partial charge < -0.3 is 20.3 Å². The van der Waals surface area contributed by atoms with E-state index in [1.54, 1.807) is 0 Å². The van der Waals surface area contributed by atoms with Crippen molar-refractivity contribution < 1.29 is 14.3 Å². The van der Waals surface area contributed by atoms with Crippen molar-refractivity contribution in [3.05, 3.63) is 29.3 Å². The number of ether oxygens (including phenoxy) is 1. The molecule has 4 rings (SSSR count). The lowest BCUT2D eigenvalue weighted by atomic mass is 9.60. The minimum Gasteiger partial charge on any atom is -0.381 e. The van der Waals surface area contributed by atoms with E-state index in [9.17, 15) is 9.59 Å². The van der Waals surface area contributed by atoms with Gasteiger partial charge in [-0.15, -0.1) is 11.6 Å². The fourth-order valence-corrected chi connectivity index (χ4v) is 5.37. The zero-order valence-electron chi connectivity index (χ0n) is 17.1. The molecule has 164 valence electrons. The summed E-state index contributed by atoms with van der Waals surface area (Å²) in [5.41, 5.74) is 0.528. The number of rotatable bonds is 5. The van der Waals surface area contributed by atoms with Gasteiger partial charge in [-0.1, -0.05) is 11.6 Å². The van der Waals surface area contributed by atoms with E-state index in [1.165, 1.54) is 0 Å². The maximum atomic E-state index is 13.6. The molecule has 6 nitrogen and oxygen atoms in total. The molecule has 2 N–H and O–H groups in total. The number of carbonyl (C=O) groups excluding carboxylic acids is 2. The lowest BCUT2D eigenvalue weighted by molar-refractivity contribution is -0.143. The Bertz CT molecular complexity index is 764. The number of hydrogen-bond acceptors (Lipinski definition) is 4. The Morgan fingerprint density at radius 2 is 1.70 bits per heavy atom. The van der Waals surface area contributed by atoms with E-state index in [0.29, 0.717) is 31.1 Å². The molecule has 2 saturated heterocycles. The highest BCUT2D eigenvalue weighted by Crippen LogP contribution is 2.49. The molecule has 0 atom stereocenters. The quantitative estimate of drug-likeness (QED) is 0.669. The first kappa shape index (κ1) is 21.7. The van der Waals surface area contributed by atoms with Gasteiger partial charge in [-0.25, -0.2) is 0 Å². The van der Waals surface area contributed by atoms with Crippen molar-refractivity contribution >= 4 is 40.7 Å². The average Bonchev–Trinajstić information content (AvgIpc) is 2.75. The minimum atomic E-state index is -0.632. The van der Waals surface area contributed by atoms with Gasteiger partial charge in [0.05, 0.1) is 0 Å². The number of nitrogens with zero attached hydrogens (tertiary/aromatic N) is 1. The second kappa shape index (κ2) is 8.93. The highest BCUT2D eigenvalue weighted by molar-refractivity contribution is 6.30. The van der Waals surface area contributed by atoms with Gasteiger partial charge in [0, 0.05) is 55.9 Å². The molecule has 1 aliphatic carbocycles. The summed E-state index contributed by atoms with van der Waals surface area (Å²) in [6, 6.07) is 7.74. The Morgan fingerprint density at radius 3 is 2.30 bits per heavy atom. The van der Waals surface area contributed by atoms with E-state index in [-0.39, 0.29) is 29.2 Å². The van der Waals surface area contributed by atoms with Crippen LogP contribution in [0.4, 0.5) is 5.69 Å². The summed E-state index contributed by atoms with van der Waals surface area (Å²) >= 11 is 11.6. The van der Waals surface area contributed by atoms with E-state index in [0.717, 1.165) is 44.5 Å². The van der Waals surface area contributed by atoms with Gasteiger partial charge in [0.2, 0.25) is 11.8 Å². The van der Waals surface area contributed by atoms with Crippen LogP contribution in [0.25, 0.3) is 0 Å². The zero-order valence-corrected chi connectivity index (χ0v) is 18.6. The normalized spacial score (nSPS) is 22.9. The van der Waals surface area contributed by atoms with Gasteiger partial charge in [-0.05, 0) is 55.4 Å². The third kappa shape index (κ3) is 4.56. The zero-order chi connectivity index (χ0) is 21.2. The molecule has 0 radical (unpaired) electrons. The number of halogens is 2. The smallest absolute Gasteiger partial charge is 0.248 e. The van der Waals surface area contributed by atoms with Crippen molar-refractivity contribution in [2.24, 2.45) is 5.41 Å². The van der Waals surface area contributed by atoms with Crippen molar-refractivity contribution in [1.82, 2.24) is 10.2 Å². The molecule has 0 bridgehead atoms. The average molecular weight is 454 g/mol. The van der Waals surface area contributed by atoms with Gasteiger partial charge in [-0.3, -0.25) is 9.59 Å². The summed E-state index contributed by atoms with van der Waals surface area (Å²) < 4.78 is 5.56. The summed E-state index contributed by atoms with van der Waals surface area (Å²) in [5.74, 6) is 0.0823. The first-order valence-electron chi connectivity index (χ1n) is 10.7. The summed E-state index contributed by atoms with van der Waals surface area (Å²) in [7, 11) is 0. The molecule has 3 aliphatic rings. The molecule has 1 spiro atoms. The van der Waals surface area contributed by atoms with Crippen LogP contribution >= 0.6 is 23.2 Å². The molecule has 0 unspecified atom stereocenters. The molecule has 1 aromatic rings. The predicted molar refractivity (Wildman–Crippen MR) is 118 cm³/mol. The van der Waals surface area contributed by atoms with Crippen LogP contribution < -0.4 is 10.6 Å². The van der Waals surface area contributed by atoms with E-state index >= 15 is 0 Å². The van der Waals surface area contributed by atoms with Gasteiger partial charge >= 0.3 is 0 Å². The number of likely N-dealkylation sites (tertiary alicyclic amines) is 1. The van der Waals surface area contributed by atoms with Crippen LogP contribution in [-0.4, -0.2) is 60.5 Å². The molecular weight excluding hydrogens is 425 g/mol. The lowest BCUT2D eigenvalue weighted by Crippen LogP contribution is -2.61. The highest BCUT2D eigenvalue weighted by Gasteiger charge is 2.49. The maximum absolute atomic E-state index is 13.6. The molecule has 30 heavy (non-hydrogen) atoms. The summed E-state index contributed by atoms with van der Waals surface area (Å²) in [6.45, 7) is 2.68. The second-order valence-corrected chi connectivity index (χ2v) is 9.63. The van der Waals surface area contributed by atoms with Crippen LogP contribution in [0, 0.1) is 5.41 Å². The Labute approximate surface area is 187 Å². The molecular formula is C22H29Cl2N3O3. The number of piperidine rings is 1. The molecule has 3 fully saturated rings. The minimum absolute atomic E-state index is 0.0121. The Balaban J connectivity index is 1.37. The Morgan fingerprint density at radius 1 is 1.07 bits per heavy atom. The van der Waals surface area contributed by atoms with Gasteiger partial charge in [0.25, 0.3) is 0 Å². The van der Waals surface area contributed by atoms with E-state index < -0.39 is 5.54 Å². The van der Waals surface area contributed by atoms with Crippen LogP contribution in [0.5, 0.6) is 0 Å². The largest absolute Gasteiger partial charge is 0.381 e. The van der Waals surface area contributed by atoms with Crippen LogP contribution in [0.15, 0.2) is 24.3 Å². The molecule has 1 saturated carbocycles. The monoisotopic (exact) mass is 453 g/mol. The fraction of sp³-hybridized carbons (Fsp3) is 0.636. The lowest BCUT2D eigenvalue weighted by Gasteiger charge is -2.53. The van der Waals surface area contributed by atoms with Crippen LogP contribution in [0.1, 0.15) is 38.5 Å². The Hall–Kier alpha value is -1.50. The van der Waals surface area contributed by atoms with Crippen molar-refractivity contribution in [2.45, 2.75) is 50.1 Å². The molecule has 2 amide bonds. The van der Waals surface area contributed by atoms with Crippen LogP contribution in [-0.2, 0) is 14.3 Å². The first-order valence-corrected chi connectivity index (χ1v) is 11.6. The van der Waals surface area contributed by atoms with E-state index in [4.69, 9.17) is 27.9 Å². The third-order valence-corrected chi connectivity index (χ3v) is 7.43. The van der Waals surface area contributed by atoms with Crippen LogP contribution in [0.3, 0.4) is 0 Å². The van der Waals surface area contributed by atoms with Crippen molar-refractivity contribution in [3.63, 3.8) is 0 Å². The number of alkyl halides is 1. The van der Waals surface area contributed by atoms with E-state index in [2.05, 4.69) is 10.6 Å². The van der Waals surface area contributed by atoms with Crippen molar-refractivity contribution in [2.75, 3.05) is 37.5 Å². The molecule has 0 aromatic heterocycles. The summed E-state index contributed by atoms with van der Waals surface area (Å²) in [5, 5.41) is 7.16. The molecule has 8 heteroatoms.